The van der Waals surface area contributed by atoms with Crippen molar-refractivity contribution in [2.45, 2.75) is 25.9 Å². The highest BCUT2D eigenvalue weighted by Crippen LogP contribution is 1.98. The molecule has 0 spiro atoms. The molecule has 0 radical (unpaired) electrons. The summed E-state index contributed by atoms with van der Waals surface area (Å²) in [4.78, 5) is 27.6. The highest BCUT2D eigenvalue weighted by atomic mass is 16.5. The van der Waals surface area contributed by atoms with E-state index in [0.29, 0.717) is 79.0 Å². The van der Waals surface area contributed by atoms with Crippen LogP contribution in [0.3, 0.4) is 0 Å². The first-order chi connectivity index (χ1) is 13.4. The van der Waals surface area contributed by atoms with Crippen LogP contribution in [0, 0.1) is 0 Å². The molecule has 0 aromatic rings. The molecule has 2 amide bonds. The number of nitrogens with two attached hydrogens (primary N) is 2. The molecule has 10 heteroatoms. The highest BCUT2D eigenvalue weighted by Gasteiger charge is 2.18. The lowest BCUT2D eigenvalue weighted by atomic mass is 10.3. The van der Waals surface area contributed by atoms with Gasteiger partial charge in [0.2, 0.25) is 11.8 Å². The van der Waals surface area contributed by atoms with Crippen LogP contribution in [0.2, 0.25) is 0 Å². The van der Waals surface area contributed by atoms with Gasteiger partial charge in [-0.15, -0.1) is 0 Å². The summed E-state index contributed by atoms with van der Waals surface area (Å²) in [6.45, 7) is 8.26. The number of ether oxygens (including phenoxy) is 4. The predicted molar refractivity (Wildman–Crippen MR) is 104 cm³/mol. The van der Waals surface area contributed by atoms with E-state index in [1.54, 1.807) is 23.6 Å². The van der Waals surface area contributed by atoms with Crippen molar-refractivity contribution in [2.75, 3.05) is 79.0 Å². The van der Waals surface area contributed by atoms with Crippen LogP contribution in [-0.4, -0.2) is 113 Å². The summed E-state index contributed by atoms with van der Waals surface area (Å²) in [5.74, 6) is -0.263. The summed E-state index contributed by atoms with van der Waals surface area (Å²) in [7, 11) is 0. The van der Waals surface area contributed by atoms with Gasteiger partial charge in [0.15, 0.2) is 0 Å². The number of carbonyl (C=O) groups is 2. The molecular formula is C18H36N4O6. The molecule has 28 heavy (non-hydrogen) atoms. The van der Waals surface area contributed by atoms with Crippen molar-refractivity contribution in [1.29, 1.82) is 0 Å². The third-order valence-electron chi connectivity index (χ3n) is 4.17. The van der Waals surface area contributed by atoms with E-state index in [-0.39, 0.29) is 11.8 Å². The van der Waals surface area contributed by atoms with E-state index < -0.39 is 12.1 Å². The number of nitrogens with zero attached hydrogens (tertiary/aromatic N) is 2. The van der Waals surface area contributed by atoms with Crippen LogP contribution in [0.4, 0.5) is 0 Å². The number of hydrogen-bond donors (Lipinski definition) is 2. The third-order valence-corrected chi connectivity index (χ3v) is 4.17. The first-order valence-electron chi connectivity index (χ1n) is 9.83. The summed E-state index contributed by atoms with van der Waals surface area (Å²) in [5.41, 5.74) is 11.4. The second-order valence-electron chi connectivity index (χ2n) is 6.68. The molecule has 1 aliphatic heterocycles. The second-order valence-corrected chi connectivity index (χ2v) is 6.68. The van der Waals surface area contributed by atoms with E-state index in [2.05, 4.69) is 0 Å². The van der Waals surface area contributed by atoms with Crippen LogP contribution in [0.15, 0.2) is 0 Å². The van der Waals surface area contributed by atoms with Crippen molar-refractivity contribution in [3.05, 3.63) is 0 Å². The molecule has 1 aliphatic rings. The van der Waals surface area contributed by atoms with Crippen LogP contribution >= 0.6 is 0 Å². The zero-order valence-corrected chi connectivity index (χ0v) is 17.1. The van der Waals surface area contributed by atoms with E-state index in [1.165, 1.54) is 0 Å². The summed E-state index contributed by atoms with van der Waals surface area (Å²) >= 11 is 0. The minimum atomic E-state index is -0.563. The van der Waals surface area contributed by atoms with Gasteiger partial charge in [0.1, 0.15) is 0 Å². The number of carbonyl (C=O) groups excluding carboxylic acids is 2. The van der Waals surface area contributed by atoms with Crippen molar-refractivity contribution in [2.24, 2.45) is 11.5 Å². The van der Waals surface area contributed by atoms with Gasteiger partial charge >= 0.3 is 0 Å². The summed E-state index contributed by atoms with van der Waals surface area (Å²) < 4.78 is 22.1. The molecule has 0 bridgehead atoms. The highest BCUT2D eigenvalue weighted by molar-refractivity contribution is 5.81. The first kappa shape index (κ1) is 24.7. The number of hydrogen-bond acceptors (Lipinski definition) is 8. The van der Waals surface area contributed by atoms with Gasteiger partial charge in [0, 0.05) is 26.2 Å². The second kappa shape index (κ2) is 14.7. The SMILES string of the molecule is CC(N)C(=O)N1CCOCCOCCN(C(=O)C(C)N)CCOCCOCC1. The lowest BCUT2D eigenvalue weighted by Gasteiger charge is -2.25. The van der Waals surface area contributed by atoms with Gasteiger partial charge in [-0.3, -0.25) is 9.59 Å². The fourth-order valence-electron chi connectivity index (χ4n) is 2.58. The molecule has 2 atom stereocenters. The van der Waals surface area contributed by atoms with Crippen LogP contribution < -0.4 is 11.5 Å². The monoisotopic (exact) mass is 404 g/mol. The summed E-state index contributed by atoms with van der Waals surface area (Å²) in [5, 5.41) is 0. The molecule has 164 valence electrons. The van der Waals surface area contributed by atoms with Gasteiger partial charge in [-0.25, -0.2) is 0 Å². The average molecular weight is 405 g/mol. The number of amides is 2. The van der Waals surface area contributed by atoms with Crippen LogP contribution in [0.25, 0.3) is 0 Å². The lowest BCUT2D eigenvalue weighted by Crippen LogP contribution is -2.45. The third kappa shape index (κ3) is 10.3. The van der Waals surface area contributed by atoms with E-state index in [0.717, 1.165) is 0 Å². The minimum Gasteiger partial charge on any atom is -0.377 e. The zero-order valence-electron chi connectivity index (χ0n) is 17.1. The molecule has 1 saturated heterocycles. The first-order valence-corrected chi connectivity index (χ1v) is 9.83. The number of rotatable bonds is 2. The predicted octanol–water partition coefficient (Wildman–Crippen LogP) is -1.58. The van der Waals surface area contributed by atoms with E-state index in [1.807, 2.05) is 0 Å². The van der Waals surface area contributed by atoms with Gasteiger partial charge in [0.25, 0.3) is 0 Å². The van der Waals surface area contributed by atoms with Gasteiger partial charge in [-0.05, 0) is 13.8 Å². The molecule has 10 nitrogen and oxygen atoms in total. The van der Waals surface area contributed by atoms with E-state index >= 15 is 0 Å². The van der Waals surface area contributed by atoms with Crippen molar-refractivity contribution in [3.8, 4) is 0 Å². The molecule has 1 fully saturated rings. The van der Waals surface area contributed by atoms with Crippen LogP contribution in [0.1, 0.15) is 13.8 Å². The topological polar surface area (TPSA) is 130 Å². The molecule has 0 saturated carbocycles. The normalized spacial score (nSPS) is 22.0. The molecule has 0 aromatic carbocycles. The Kier molecular flexibility index (Phi) is 13.0. The minimum absolute atomic E-state index is 0.131. The largest absolute Gasteiger partial charge is 0.377 e. The molecular weight excluding hydrogens is 368 g/mol. The Balaban J connectivity index is 2.50. The van der Waals surface area contributed by atoms with Crippen molar-refractivity contribution >= 4 is 11.8 Å². The Morgan fingerprint density at radius 2 is 0.857 bits per heavy atom. The Morgan fingerprint density at radius 3 is 1.07 bits per heavy atom. The van der Waals surface area contributed by atoms with Gasteiger partial charge in [-0.2, -0.15) is 0 Å². The van der Waals surface area contributed by atoms with Gasteiger partial charge in [-0.1, -0.05) is 0 Å². The van der Waals surface area contributed by atoms with Crippen molar-refractivity contribution < 1.29 is 28.5 Å². The lowest BCUT2D eigenvalue weighted by molar-refractivity contribution is -0.135. The Hall–Kier alpha value is -1.30. The maximum absolute atomic E-state index is 12.2. The molecule has 0 aromatic heterocycles. The maximum Gasteiger partial charge on any atom is 0.239 e. The Bertz CT molecular complexity index is 390. The van der Waals surface area contributed by atoms with E-state index in [9.17, 15) is 9.59 Å². The maximum atomic E-state index is 12.2. The Morgan fingerprint density at radius 1 is 0.607 bits per heavy atom. The summed E-state index contributed by atoms with van der Waals surface area (Å²) in [6.07, 6.45) is 0. The summed E-state index contributed by atoms with van der Waals surface area (Å²) in [6, 6.07) is -1.13. The molecule has 0 aliphatic carbocycles. The van der Waals surface area contributed by atoms with Crippen LogP contribution in [-0.2, 0) is 28.5 Å². The zero-order chi connectivity index (χ0) is 20.8. The standard InChI is InChI=1S/C18H36N4O6/c1-15(19)17(23)21-3-7-25-11-13-27-9-5-22(18(24)16(2)20)6-10-28-14-12-26-8-4-21/h15-16H,3-14,19-20H2,1-2H3. The van der Waals surface area contributed by atoms with E-state index in [4.69, 9.17) is 30.4 Å². The molecule has 1 heterocycles. The van der Waals surface area contributed by atoms with Crippen molar-refractivity contribution in [3.63, 3.8) is 0 Å². The molecule has 2 unspecified atom stereocenters. The fourth-order valence-corrected chi connectivity index (χ4v) is 2.58. The van der Waals surface area contributed by atoms with Gasteiger partial charge in [0.05, 0.1) is 64.9 Å². The smallest absolute Gasteiger partial charge is 0.239 e. The van der Waals surface area contributed by atoms with Crippen molar-refractivity contribution in [1.82, 2.24) is 9.80 Å². The Labute approximate surface area is 167 Å². The van der Waals surface area contributed by atoms with Crippen LogP contribution in [0.5, 0.6) is 0 Å². The molecule has 4 N–H and O–H groups in total. The van der Waals surface area contributed by atoms with Gasteiger partial charge < -0.3 is 40.2 Å². The molecule has 1 rings (SSSR count). The fraction of sp³-hybridized carbons (Fsp3) is 0.889. The quantitative estimate of drug-likeness (QED) is 0.564. The average Bonchev–Trinajstić information content (AvgIpc) is 2.66.